The zero-order valence-corrected chi connectivity index (χ0v) is 11.7. The molecule has 0 amide bonds. The highest BCUT2D eigenvalue weighted by Gasteiger charge is 2.07. The monoisotopic (exact) mass is 293 g/mol. The van der Waals surface area contributed by atoms with E-state index in [2.05, 4.69) is 32.2 Å². The number of H-pyrrole nitrogens is 1. The van der Waals surface area contributed by atoms with E-state index in [1.54, 1.807) is 6.07 Å². The van der Waals surface area contributed by atoms with E-state index in [4.69, 9.17) is 11.5 Å². The lowest BCUT2D eigenvalue weighted by atomic mass is 10.4. The van der Waals surface area contributed by atoms with E-state index >= 15 is 0 Å². The van der Waals surface area contributed by atoms with Gasteiger partial charge in [0.05, 0.1) is 0 Å². The first-order valence-corrected chi connectivity index (χ1v) is 6.81. The minimum Gasteiger partial charge on any atom is -0.383 e. The van der Waals surface area contributed by atoms with Crippen LogP contribution in [0, 0.1) is 0 Å². The van der Waals surface area contributed by atoms with Gasteiger partial charge >= 0.3 is 0 Å². The van der Waals surface area contributed by atoms with Gasteiger partial charge in [-0.25, -0.2) is 9.97 Å². The van der Waals surface area contributed by atoms with Gasteiger partial charge in [0.15, 0.2) is 5.16 Å². The number of nitrogens with two attached hydrogens (primary N) is 2. The fourth-order valence-corrected chi connectivity index (χ4v) is 2.25. The minimum absolute atomic E-state index is 0.153. The van der Waals surface area contributed by atoms with Gasteiger partial charge in [0.1, 0.15) is 16.7 Å². The van der Waals surface area contributed by atoms with Crippen molar-refractivity contribution in [3.05, 3.63) is 22.5 Å². The summed E-state index contributed by atoms with van der Waals surface area (Å²) in [4.78, 5) is 26.1. The third-order valence-corrected chi connectivity index (χ3v) is 3.02. The lowest BCUT2D eigenvalue weighted by Gasteiger charge is -2.07. The smallest absolute Gasteiger partial charge is 0.253 e. The summed E-state index contributed by atoms with van der Waals surface area (Å²) in [6, 6.07) is 2.95. The number of anilines is 3. The van der Waals surface area contributed by atoms with Crippen LogP contribution in [0.25, 0.3) is 0 Å². The highest BCUT2D eigenvalue weighted by Crippen LogP contribution is 2.24. The first-order chi connectivity index (χ1) is 9.56. The Hall–Kier alpha value is -2.29. The van der Waals surface area contributed by atoms with Crippen LogP contribution in [-0.4, -0.2) is 26.5 Å². The summed E-state index contributed by atoms with van der Waals surface area (Å²) in [5.74, 6) is 0.940. The molecule has 0 aromatic carbocycles. The summed E-state index contributed by atoms with van der Waals surface area (Å²) in [5, 5.41) is 4.05. The van der Waals surface area contributed by atoms with Crippen LogP contribution in [-0.2, 0) is 0 Å². The third-order valence-electron chi connectivity index (χ3n) is 2.22. The largest absolute Gasteiger partial charge is 0.383 e. The van der Waals surface area contributed by atoms with Crippen LogP contribution in [0.3, 0.4) is 0 Å². The maximum atomic E-state index is 11.3. The first kappa shape index (κ1) is 14.1. The summed E-state index contributed by atoms with van der Waals surface area (Å²) in [5.41, 5.74) is 10.9. The van der Waals surface area contributed by atoms with Crippen molar-refractivity contribution in [1.82, 2.24) is 19.9 Å². The summed E-state index contributed by atoms with van der Waals surface area (Å²) >= 11 is 1.16. The van der Waals surface area contributed by atoms with E-state index in [0.717, 1.165) is 24.7 Å². The van der Waals surface area contributed by atoms with Gasteiger partial charge in [0.25, 0.3) is 5.56 Å². The molecular formula is C11H15N7OS. The van der Waals surface area contributed by atoms with Crippen molar-refractivity contribution in [2.75, 3.05) is 23.3 Å². The number of hydrogen-bond donors (Lipinski definition) is 4. The number of nitrogens with one attached hydrogen (secondary N) is 2. The average Bonchev–Trinajstić information content (AvgIpc) is 2.34. The van der Waals surface area contributed by atoms with Gasteiger partial charge in [-0.1, -0.05) is 6.92 Å². The zero-order chi connectivity index (χ0) is 14.5. The molecule has 0 aliphatic heterocycles. The molecule has 2 rings (SSSR count). The van der Waals surface area contributed by atoms with E-state index in [1.165, 1.54) is 6.07 Å². The second-order valence-corrected chi connectivity index (χ2v) is 4.96. The standard InChI is InChI=1S/C11H15N7OS/c1-2-3-14-7-5-9(18-10(13)16-7)20-11-15-6(12)4-8(19)17-11/h4-5H,2-3H2,1H3,(H3,12,15,17,19)(H3,13,14,16,18). The van der Waals surface area contributed by atoms with Gasteiger partial charge < -0.3 is 21.8 Å². The Morgan fingerprint density at radius 3 is 2.80 bits per heavy atom. The molecule has 0 spiro atoms. The number of nitrogen functional groups attached to an aromatic ring is 2. The lowest BCUT2D eigenvalue weighted by molar-refractivity contribution is 0.934. The van der Waals surface area contributed by atoms with Crippen LogP contribution in [0.1, 0.15) is 13.3 Å². The second-order valence-electron chi connectivity index (χ2n) is 3.95. The molecule has 0 saturated heterocycles. The van der Waals surface area contributed by atoms with Crippen molar-refractivity contribution in [2.45, 2.75) is 23.5 Å². The summed E-state index contributed by atoms with van der Waals surface area (Å²) in [6.07, 6.45) is 0.969. The molecule has 20 heavy (non-hydrogen) atoms. The molecule has 0 fully saturated rings. The fourth-order valence-electron chi connectivity index (χ4n) is 1.44. The molecule has 8 nitrogen and oxygen atoms in total. The average molecular weight is 293 g/mol. The Kier molecular flexibility index (Phi) is 4.41. The molecule has 6 N–H and O–H groups in total. The van der Waals surface area contributed by atoms with Crippen molar-refractivity contribution in [3.8, 4) is 0 Å². The molecule has 0 aliphatic rings. The summed E-state index contributed by atoms with van der Waals surface area (Å²) < 4.78 is 0. The predicted molar refractivity (Wildman–Crippen MR) is 78.6 cm³/mol. The molecule has 0 radical (unpaired) electrons. The van der Waals surface area contributed by atoms with E-state index in [1.807, 2.05) is 0 Å². The van der Waals surface area contributed by atoms with Gasteiger partial charge in [-0.15, -0.1) is 0 Å². The Labute approximate surface area is 119 Å². The first-order valence-electron chi connectivity index (χ1n) is 6.00. The van der Waals surface area contributed by atoms with Gasteiger partial charge in [0, 0.05) is 18.7 Å². The van der Waals surface area contributed by atoms with Gasteiger partial charge in [-0.2, -0.15) is 4.98 Å². The van der Waals surface area contributed by atoms with E-state index in [9.17, 15) is 4.79 Å². The highest BCUT2D eigenvalue weighted by molar-refractivity contribution is 7.99. The third kappa shape index (κ3) is 3.85. The summed E-state index contributed by atoms with van der Waals surface area (Å²) in [7, 11) is 0. The maximum absolute atomic E-state index is 11.3. The van der Waals surface area contributed by atoms with Gasteiger partial charge in [-0.05, 0) is 18.2 Å². The van der Waals surface area contributed by atoms with Crippen molar-refractivity contribution < 1.29 is 0 Å². The van der Waals surface area contributed by atoms with E-state index in [0.29, 0.717) is 16.0 Å². The Bertz CT molecular complexity index is 657. The van der Waals surface area contributed by atoms with Crippen LogP contribution < -0.4 is 22.3 Å². The Morgan fingerprint density at radius 1 is 1.30 bits per heavy atom. The Balaban J connectivity index is 2.23. The quantitative estimate of drug-likeness (QED) is 0.467. The van der Waals surface area contributed by atoms with Crippen molar-refractivity contribution in [3.63, 3.8) is 0 Å². The predicted octanol–water partition coefficient (Wildman–Crippen LogP) is 0.697. The fraction of sp³-hybridized carbons (Fsp3) is 0.273. The summed E-state index contributed by atoms with van der Waals surface area (Å²) in [6.45, 7) is 2.84. The van der Waals surface area contributed by atoms with Crippen LogP contribution in [0.2, 0.25) is 0 Å². The molecule has 0 atom stereocenters. The topological polar surface area (TPSA) is 136 Å². The molecule has 2 aromatic heterocycles. The molecule has 0 aliphatic carbocycles. The van der Waals surface area contributed by atoms with Gasteiger partial charge in [0.2, 0.25) is 5.95 Å². The van der Waals surface area contributed by atoms with Crippen molar-refractivity contribution >= 4 is 29.3 Å². The molecule has 2 aromatic rings. The Morgan fingerprint density at radius 2 is 2.10 bits per heavy atom. The molecule has 0 bridgehead atoms. The number of nitrogens with zero attached hydrogens (tertiary/aromatic N) is 3. The SMILES string of the molecule is CCCNc1cc(Sc2nc(N)cc(=O)[nH]2)nc(N)n1. The van der Waals surface area contributed by atoms with E-state index < -0.39 is 0 Å². The second kappa shape index (κ2) is 6.24. The van der Waals surface area contributed by atoms with Crippen LogP contribution in [0.5, 0.6) is 0 Å². The minimum atomic E-state index is -0.314. The number of rotatable bonds is 5. The molecule has 2 heterocycles. The lowest BCUT2D eigenvalue weighted by Crippen LogP contribution is -2.09. The number of aromatic nitrogens is 4. The number of aromatic amines is 1. The van der Waals surface area contributed by atoms with Gasteiger partial charge in [-0.3, -0.25) is 4.79 Å². The number of hydrogen-bond acceptors (Lipinski definition) is 8. The highest BCUT2D eigenvalue weighted by atomic mass is 32.2. The molecule has 0 unspecified atom stereocenters. The molecule has 106 valence electrons. The van der Waals surface area contributed by atoms with Crippen molar-refractivity contribution in [1.29, 1.82) is 0 Å². The maximum Gasteiger partial charge on any atom is 0.253 e. The normalized spacial score (nSPS) is 10.4. The van der Waals surface area contributed by atoms with E-state index in [-0.39, 0.29) is 17.3 Å². The van der Waals surface area contributed by atoms with Crippen molar-refractivity contribution in [2.24, 2.45) is 0 Å². The van der Waals surface area contributed by atoms with Crippen LogP contribution in [0.15, 0.2) is 27.1 Å². The van der Waals surface area contributed by atoms with Crippen LogP contribution in [0.4, 0.5) is 17.6 Å². The molecule has 0 saturated carbocycles. The molecule has 9 heteroatoms. The zero-order valence-electron chi connectivity index (χ0n) is 10.9. The molecular weight excluding hydrogens is 278 g/mol. The van der Waals surface area contributed by atoms with Crippen LogP contribution >= 0.6 is 11.8 Å².